The number of aromatic nitrogens is 1. The predicted molar refractivity (Wildman–Crippen MR) is 65.5 cm³/mol. The second-order valence-corrected chi connectivity index (χ2v) is 4.70. The summed E-state index contributed by atoms with van der Waals surface area (Å²) in [7, 11) is 1.93. The summed E-state index contributed by atoms with van der Waals surface area (Å²) >= 11 is 15.1. The molecule has 0 saturated carbocycles. The fraction of sp³-hybridized carbons (Fsp3) is 0.444. The number of nitrogens with zero attached hydrogens (tertiary/aromatic N) is 2. The molecule has 0 fully saturated rings. The Balaban J connectivity index is 2.95. The van der Waals surface area contributed by atoms with Gasteiger partial charge in [0.1, 0.15) is 5.82 Å². The first-order chi connectivity index (χ1) is 6.56. The molecule has 1 aromatic heterocycles. The summed E-state index contributed by atoms with van der Waals surface area (Å²) in [6, 6.07) is 2.03. The van der Waals surface area contributed by atoms with Crippen LogP contribution in [-0.4, -0.2) is 24.0 Å². The number of hydrogen-bond acceptors (Lipinski definition) is 2. The van der Waals surface area contributed by atoms with Crippen LogP contribution in [0.15, 0.2) is 16.7 Å². The Morgan fingerprint density at radius 1 is 1.64 bits per heavy atom. The summed E-state index contributed by atoms with van der Waals surface area (Å²) in [6.07, 6.45) is 1.72. The molecule has 0 aliphatic rings. The van der Waals surface area contributed by atoms with E-state index in [4.69, 9.17) is 23.2 Å². The smallest absolute Gasteiger partial charge is 0.147 e. The van der Waals surface area contributed by atoms with Gasteiger partial charge >= 0.3 is 0 Å². The Labute approximate surface area is 102 Å². The average Bonchev–Trinajstić information content (AvgIpc) is 2.15. The van der Waals surface area contributed by atoms with Crippen molar-refractivity contribution >= 4 is 44.9 Å². The highest BCUT2D eigenvalue weighted by atomic mass is 79.9. The van der Waals surface area contributed by atoms with Gasteiger partial charge in [-0.2, -0.15) is 0 Å². The van der Waals surface area contributed by atoms with Crippen LogP contribution in [0.4, 0.5) is 5.82 Å². The third kappa shape index (κ3) is 2.75. The van der Waals surface area contributed by atoms with Crippen molar-refractivity contribution in [1.29, 1.82) is 0 Å². The largest absolute Gasteiger partial charge is 0.355 e. The van der Waals surface area contributed by atoms with Crippen LogP contribution in [0, 0.1) is 0 Å². The van der Waals surface area contributed by atoms with Crippen molar-refractivity contribution < 1.29 is 0 Å². The summed E-state index contributed by atoms with van der Waals surface area (Å²) < 4.78 is 0.873. The highest BCUT2D eigenvalue weighted by Gasteiger charge is 2.13. The van der Waals surface area contributed by atoms with E-state index in [1.54, 1.807) is 6.20 Å². The first-order valence-corrected chi connectivity index (χ1v) is 5.86. The first kappa shape index (κ1) is 12.1. The van der Waals surface area contributed by atoms with E-state index in [0.29, 0.717) is 10.9 Å². The van der Waals surface area contributed by atoms with Crippen LogP contribution in [0.1, 0.15) is 6.92 Å². The van der Waals surface area contributed by atoms with Crippen LogP contribution in [0.3, 0.4) is 0 Å². The lowest BCUT2D eigenvalue weighted by molar-refractivity contribution is 0.749. The van der Waals surface area contributed by atoms with E-state index in [2.05, 4.69) is 20.9 Å². The van der Waals surface area contributed by atoms with Crippen LogP contribution in [0.25, 0.3) is 0 Å². The molecule has 0 saturated heterocycles. The van der Waals surface area contributed by atoms with E-state index in [1.165, 1.54) is 0 Å². The molecule has 14 heavy (non-hydrogen) atoms. The van der Waals surface area contributed by atoms with Gasteiger partial charge in [-0.05, 0) is 28.9 Å². The summed E-state index contributed by atoms with van der Waals surface area (Å²) in [5, 5.41) is 0.624. The maximum absolute atomic E-state index is 6.05. The van der Waals surface area contributed by atoms with Crippen LogP contribution in [-0.2, 0) is 0 Å². The summed E-state index contributed by atoms with van der Waals surface area (Å²) in [4.78, 5) is 6.20. The van der Waals surface area contributed by atoms with E-state index in [-0.39, 0.29) is 6.04 Å². The quantitative estimate of drug-likeness (QED) is 0.793. The Hall–Kier alpha value is 0.01000. The zero-order valence-electron chi connectivity index (χ0n) is 7.97. The van der Waals surface area contributed by atoms with Gasteiger partial charge in [-0.25, -0.2) is 4.98 Å². The Morgan fingerprint density at radius 2 is 2.29 bits per heavy atom. The first-order valence-electron chi connectivity index (χ1n) is 4.16. The lowest BCUT2D eigenvalue weighted by atomic mass is 10.3. The number of pyridine rings is 1. The van der Waals surface area contributed by atoms with E-state index in [9.17, 15) is 0 Å². The van der Waals surface area contributed by atoms with E-state index >= 15 is 0 Å². The Kier molecular flexibility index (Phi) is 4.48. The number of anilines is 1. The predicted octanol–water partition coefficient (Wildman–Crippen LogP) is 3.56. The molecule has 0 bridgehead atoms. The zero-order valence-corrected chi connectivity index (χ0v) is 11.1. The molecule has 0 spiro atoms. The summed E-state index contributed by atoms with van der Waals surface area (Å²) in [5.74, 6) is 1.30. The van der Waals surface area contributed by atoms with Crippen molar-refractivity contribution in [2.24, 2.45) is 0 Å². The maximum atomic E-state index is 6.05. The van der Waals surface area contributed by atoms with Crippen molar-refractivity contribution in [1.82, 2.24) is 4.98 Å². The zero-order chi connectivity index (χ0) is 10.7. The van der Waals surface area contributed by atoms with Gasteiger partial charge < -0.3 is 4.90 Å². The molecule has 1 rings (SSSR count). The molecule has 1 heterocycles. The molecular weight excluding hydrogens is 287 g/mol. The van der Waals surface area contributed by atoms with Crippen molar-refractivity contribution in [2.45, 2.75) is 13.0 Å². The molecule has 0 N–H and O–H groups in total. The average molecular weight is 298 g/mol. The van der Waals surface area contributed by atoms with Crippen molar-refractivity contribution in [2.75, 3.05) is 17.8 Å². The van der Waals surface area contributed by atoms with E-state index < -0.39 is 0 Å². The molecule has 1 unspecified atom stereocenters. The Bertz CT molecular complexity index is 320. The third-order valence-electron chi connectivity index (χ3n) is 2.01. The minimum absolute atomic E-state index is 0.211. The van der Waals surface area contributed by atoms with Gasteiger partial charge in [0.05, 0.1) is 5.02 Å². The number of halogens is 3. The third-order valence-corrected chi connectivity index (χ3v) is 3.17. The molecule has 0 amide bonds. The van der Waals surface area contributed by atoms with E-state index in [1.807, 2.05) is 24.9 Å². The van der Waals surface area contributed by atoms with Crippen LogP contribution in [0.2, 0.25) is 5.02 Å². The SMILES string of the molecule is CC(CCl)N(C)c1ncc(Br)cc1Cl. The molecule has 0 aliphatic heterocycles. The Morgan fingerprint density at radius 3 is 2.79 bits per heavy atom. The summed E-state index contributed by atoms with van der Waals surface area (Å²) in [5.41, 5.74) is 0. The molecule has 0 aliphatic carbocycles. The minimum atomic E-state index is 0.211. The van der Waals surface area contributed by atoms with E-state index in [0.717, 1.165) is 10.3 Å². The molecule has 1 aromatic rings. The van der Waals surface area contributed by atoms with Crippen LogP contribution < -0.4 is 4.90 Å². The van der Waals surface area contributed by atoms with Gasteiger partial charge in [0.25, 0.3) is 0 Å². The summed E-state index contributed by atoms with van der Waals surface area (Å²) in [6.45, 7) is 2.02. The molecule has 2 nitrogen and oxygen atoms in total. The second kappa shape index (κ2) is 5.19. The van der Waals surface area contributed by atoms with Crippen LogP contribution >= 0.6 is 39.1 Å². The molecule has 1 atom stereocenters. The van der Waals surface area contributed by atoms with Gasteiger partial charge in [-0.3, -0.25) is 0 Å². The van der Waals surface area contributed by atoms with Gasteiger partial charge in [0.2, 0.25) is 0 Å². The normalized spacial score (nSPS) is 12.6. The fourth-order valence-electron chi connectivity index (χ4n) is 0.979. The highest BCUT2D eigenvalue weighted by Crippen LogP contribution is 2.26. The lowest BCUT2D eigenvalue weighted by Crippen LogP contribution is -2.31. The van der Waals surface area contributed by atoms with Crippen molar-refractivity contribution in [3.05, 3.63) is 21.8 Å². The molecule has 78 valence electrons. The van der Waals surface area contributed by atoms with Gasteiger partial charge in [-0.1, -0.05) is 11.6 Å². The number of rotatable bonds is 3. The monoisotopic (exact) mass is 296 g/mol. The second-order valence-electron chi connectivity index (χ2n) is 3.07. The maximum Gasteiger partial charge on any atom is 0.147 e. The minimum Gasteiger partial charge on any atom is -0.355 e. The van der Waals surface area contributed by atoms with Crippen molar-refractivity contribution in [3.63, 3.8) is 0 Å². The molecule has 0 aromatic carbocycles. The lowest BCUT2D eigenvalue weighted by Gasteiger charge is -2.24. The molecular formula is C9H11BrCl2N2. The van der Waals surface area contributed by atoms with Gasteiger partial charge in [0.15, 0.2) is 0 Å². The standard InChI is InChI=1S/C9H11BrCl2N2/c1-6(4-11)14(2)9-8(12)3-7(10)5-13-9/h3,5-6H,4H2,1-2H3. The number of alkyl halides is 1. The highest BCUT2D eigenvalue weighted by molar-refractivity contribution is 9.10. The molecule has 0 radical (unpaired) electrons. The number of hydrogen-bond donors (Lipinski definition) is 0. The van der Waals surface area contributed by atoms with Gasteiger partial charge in [0, 0.05) is 29.6 Å². The topological polar surface area (TPSA) is 16.1 Å². The fourth-order valence-corrected chi connectivity index (χ4v) is 1.95. The van der Waals surface area contributed by atoms with Crippen LogP contribution in [0.5, 0.6) is 0 Å². The van der Waals surface area contributed by atoms with Gasteiger partial charge in [-0.15, -0.1) is 11.6 Å². The molecule has 5 heteroatoms. The van der Waals surface area contributed by atoms with Crippen molar-refractivity contribution in [3.8, 4) is 0 Å².